The predicted molar refractivity (Wildman–Crippen MR) is 63.8 cm³/mol. The van der Waals surface area contributed by atoms with Crippen LogP contribution >= 0.6 is 0 Å². The molecule has 0 aliphatic carbocycles. The van der Waals surface area contributed by atoms with Crippen LogP contribution in [0.1, 0.15) is 31.9 Å². The second kappa shape index (κ2) is 7.63. The molecule has 0 N–H and O–H groups in total. The molecule has 0 amide bonds. The van der Waals surface area contributed by atoms with E-state index in [1.54, 1.807) is 6.20 Å². The molecule has 16 heavy (non-hydrogen) atoms. The molecule has 1 aromatic rings. The molecule has 1 rings (SSSR count). The Hall–Kier alpha value is -1.64. The molecule has 0 bridgehead atoms. The summed E-state index contributed by atoms with van der Waals surface area (Å²) in [6.07, 6.45) is 7.93. The van der Waals surface area contributed by atoms with Crippen LogP contribution in [0, 0.1) is 0 Å². The lowest BCUT2D eigenvalue weighted by Gasteiger charge is -1.99. The van der Waals surface area contributed by atoms with E-state index in [1.165, 1.54) is 0 Å². The fraction of sp³-hybridized carbons (Fsp3) is 0.385. The van der Waals surface area contributed by atoms with Crippen LogP contribution in [0.2, 0.25) is 0 Å². The number of hydrogen-bond donors (Lipinski definition) is 0. The van der Waals surface area contributed by atoms with E-state index >= 15 is 0 Å². The first-order chi connectivity index (χ1) is 7.83. The molecular formula is C13H17NO2. The quantitative estimate of drug-likeness (QED) is 0.545. The van der Waals surface area contributed by atoms with Crippen molar-refractivity contribution in [2.75, 3.05) is 6.61 Å². The number of allylic oxidation sites excluding steroid dienone is 1. The maximum atomic E-state index is 11.0. The van der Waals surface area contributed by atoms with Crippen LogP contribution in [0.4, 0.5) is 0 Å². The zero-order valence-electron chi connectivity index (χ0n) is 9.56. The van der Waals surface area contributed by atoms with Crippen molar-refractivity contribution in [3.63, 3.8) is 0 Å². The largest absolute Gasteiger partial charge is 0.466 e. The molecule has 0 aromatic carbocycles. The van der Waals surface area contributed by atoms with Crippen LogP contribution in [0.15, 0.2) is 30.5 Å². The number of aromatic nitrogens is 1. The number of carbonyl (C=O) groups is 1. The average molecular weight is 219 g/mol. The molecule has 86 valence electrons. The smallest absolute Gasteiger partial charge is 0.305 e. The van der Waals surface area contributed by atoms with Crippen LogP contribution in [0.5, 0.6) is 0 Å². The van der Waals surface area contributed by atoms with Gasteiger partial charge in [-0.15, -0.1) is 0 Å². The Morgan fingerprint density at radius 2 is 2.38 bits per heavy atom. The number of pyridine rings is 1. The number of unbranched alkanes of at least 4 members (excludes halogenated alkanes) is 1. The molecule has 0 spiro atoms. The van der Waals surface area contributed by atoms with Gasteiger partial charge in [-0.25, -0.2) is 0 Å². The van der Waals surface area contributed by atoms with Crippen LogP contribution in [-0.4, -0.2) is 17.6 Å². The van der Waals surface area contributed by atoms with Gasteiger partial charge in [0.2, 0.25) is 0 Å². The zero-order chi connectivity index (χ0) is 11.6. The number of hydrogen-bond acceptors (Lipinski definition) is 3. The summed E-state index contributed by atoms with van der Waals surface area (Å²) in [7, 11) is 0. The standard InChI is InChI=1S/C13H17NO2/c1-2-16-13(15)10-5-3-4-8-12-9-6-7-11-14-12/h4,6-9,11H,2-3,5,10H2,1H3. The molecular weight excluding hydrogens is 202 g/mol. The maximum Gasteiger partial charge on any atom is 0.305 e. The third kappa shape index (κ3) is 5.29. The molecule has 0 saturated carbocycles. The number of nitrogens with zero attached hydrogens (tertiary/aromatic N) is 1. The maximum absolute atomic E-state index is 11.0. The van der Waals surface area contributed by atoms with Crippen molar-refractivity contribution in [2.24, 2.45) is 0 Å². The lowest BCUT2D eigenvalue weighted by Crippen LogP contribution is -2.02. The van der Waals surface area contributed by atoms with Crippen LogP contribution in [0.25, 0.3) is 6.08 Å². The van der Waals surface area contributed by atoms with Crippen molar-refractivity contribution >= 4 is 12.0 Å². The molecule has 1 aromatic heterocycles. The number of esters is 1. The van der Waals surface area contributed by atoms with Gasteiger partial charge in [-0.05, 0) is 38.0 Å². The Morgan fingerprint density at radius 3 is 3.06 bits per heavy atom. The highest BCUT2D eigenvalue weighted by Crippen LogP contribution is 2.02. The third-order valence-corrected chi connectivity index (χ3v) is 2.03. The minimum Gasteiger partial charge on any atom is -0.466 e. The van der Waals surface area contributed by atoms with Gasteiger partial charge in [0.05, 0.1) is 12.3 Å². The Labute approximate surface area is 96.2 Å². The monoisotopic (exact) mass is 219 g/mol. The first-order valence-corrected chi connectivity index (χ1v) is 5.56. The highest BCUT2D eigenvalue weighted by Gasteiger charge is 1.98. The van der Waals surface area contributed by atoms with E-state index in [2.05, 4.69) is 4.98 Å². The van der Waals surface area contributed by atoms with Crippen LogP contribution in [-0.2, 0) is 9.53 Å². The zero-order valence-corrected chi connectivity index (χ0v) is 9.56. The Kier molecular flexibility index (Phi) is 5.92. The molecule has 0 atom stereocenters. The molecule has 0 saturated heterocycles. The van der Waals surface area contributed by atoms with Crippen molar-refractivity contribution in [2.45, 2.75) is 26.2 Å². The first-order valence-electron chi connectivity index (χ1n) is 5.56. The summed E-state index contributed by atoms with van der Waals surface area (Å²) < 4.78 is 4.83. The van der Waals surface area contributed by atoms with Gasteiger partial charge in [0.25, 0.3) is 0 Å². The summed E-state index contributed by atoms with van der Waals surface area (Å²) in [6.45, 7) is 2.28. The Morgan fingerprint density at radius 1 is 1.50 bits per heavy atom. The van der Waals surface area contributed by atoms with Gasteiger partial charge in [-0.3, -0.25) is 9.78 Å². The summed E-state index contributed by atoms with van der Waals surface area (Å²) in [6, 6.07) is 5.78. The Bertz CT molecular complexity index is 333. The highest BCUT2D eigenvalue weighted by molar-refractivity contribution is 5.69. The van der Waals surface area contributed by atoms with Gasteiger partial charge >= 0.3 is 5.97 Å². The van der Waals surface area contributed by atoms with Gasteiger partial charge in [-0.1, -0.05) is 12.1 Å². The normalized spacial score (nSPS) is 10.6. The molecule has 0 unspecified atom stereocenters. The summed E-state index contributed by atoms with van der Waals surface area (Å²) in [5, 5.41) is 0. The van der Waals surface area contributed by atoms with Crippen LogP contribution < -0.4 is 0 Å². The lowest BCUT2D eigenvalue weighted by atomic mass is 10.2. The van der Waals surface area contributed by atoms with E-state index in [4.69, 9.17) is 4.74 Å². The summed E-state index contributed by atoms with van der Waals surface area (Å²) in [4.78, 5) is 15.2. The molecule has 1 heterocycles. The number of ether oxygens (including phenoxy) is 1. The first kappa shape index (κ1) is 12.4. The molecule has 3 heteroatoms. The highest BCUT2D eigenvalue weighted by atomic mass is 16.5. The molecule has 0 aliphatic heterocycles. The Balaban J connectivity index is 2.16. The van der Waals surface area contributed by atoms with Crippen molar-refractivity contribution in [3.8, 4) is 0 Å². The van der Waals surface area contributed by atoms with Crippen molar-refractivity contribution in [1.29, 1.82) is 0 Å². The van der Waals surface area contributed by atoms with Gasteiger partial charge in [0.1, 0.15) is 0 Å². The van der Waals surface area contributed by atoms with Gasteiger partial charge in [0, 0.05) is 12.6 Å². The topological polar surface area (TPSA) is 39.2 Å². The van der Waals surface area contributed by atoms with E-state index in [0.717, 1.165) is 18.5 Å². The van der Waals surface area contributed by atoms with Crippen molar-refractivity contribution in [1.82, 2.24) is 4.98 Å². The van der Waals surface area contributed by atoms with E-state index in [9.17, 15) is 4.79 Å². The van der Waals surface area contributed by atoms with E-state index in [0.29, 0.717) is 13.0 Å². The molecule has 0 fully saturated rings. The second-order valence-corrected chi connectivity index (χ2v) is 3.35. The van der Waals surface area contributed by atoms with E-state index in [-0.39, 0.29) is 5.97 Å². The van der Waals surface area contributed by atoms with Gasteiger partial charge in [-0.2, -0.15) is 0 Å². The third-order valence-electron chi connectivity index (χ3n) is 2.03. The molecule has 0 aliphatic rings. The molecule has 3 nitrogen and oxygen atoms in total. The minimum absolute atomic E-state index is 0.117. The SMILES string of the molecule is CCOC(=O)CCCC=Cc1ccccn1. The van der Waals surface area contributed by atoms with Gasteiger partial charge < -0.3 is 4.74 Å². The number of carbonyl (C=O) groups excluding carboxylic acids is 1. The lowest BCUT2D eigenvalue weighted by molar-refractivity contribution is -0.143. The van der Waals surface area contributed by atoms with Crippen molar-refractivity contribution < 1.29 is 9.53 Å². The fourth-order valence-corrected chi connectivity index (χ4v) is 1.28. The predicted octanol–water partition coefficient (Wildman–Crippen LogP) is 2.83. The minimum atomic E-state index is -0.117. The van der Waals surface area contributed by atoms with E-state index in [1.807, 2.05) is 37.3 Å². The average Bonchev–Trinajstić information content (AvgIpc) is 2.30. The van der Waals surface area contributed by atoms with E-state index < -0.39 is 0 Å². The summed E-state index contributed by atoms with van der Waals surface area (Å²) in [5.41, 5.74) is 0.943. The summed E-state index contributed by atoms with van der Waals surface area (Å²) in [5.74, 6) is -0.117. The molecule has 0 radical (unpaired) electrons. The second-order valence-electron chi connectivity index (χ2n) is 3.35. The van der Waals surface area contributed by atoms with Crippen LogP contribution in [0.3, 0.4) is 0 Å². The number of rotatable bonds is 6. The van der Waals surface area contributed by atoms with Gasteiger partial charge in [0.15, 0.2) is 0 Å². The fourth-order valence-electron chi connectivity index (χ4n) is 1.28. The van der Waals surface area contributed by atoms with Crippen molar-refractivity contribution in [3.05, 3.63) is 36.2 Å². The summed E-state index contributed by atoms with van der Waals surface area (Å²) >= 11 is 0.